The van der Waals surface area contributed by atoms with Crippen LogP contribution in [0.15, 0.2) is 18.5 Å². The van der Waals surface area contributed by atoms with Gasteiger partial charge in [-0.2, -0.15) is 0 Å². The van der Waals surface area contributed by atoms with E-state index in [-0.39, 0.29) is 5.91 Å². The molecule has 1 saturated carbocycles. The van der Waals surface area contributed by atoms with Crippen LogP contribution in [0.3, 0.4) is 0 Å². The van der Waals surface area contributed by atoms with E-state index in [0.717, 1.165) is 19.4 Å². The number of carbonyl (C=O) groups is 1. The standard InChI is InChI=1S/C15H24N4O/c1-11(2)10-19(12-5-3-4-6-12)15(20)13-7-8-17-9-14(13)18-16/h7-9,11-12,18H,3-6,10,16H2,1-2H3. The molecule has 1 heterocycles. The van der Waals surface area contributed by atoms with Crippen molar-refractivity contribution in [1.82, 2.24) is 9.88 Å². The van der Waals surface area contributed by atoms with Crippen molar-refractivity contribution in [3.05, 3.63) is 24.0 Å². The van der Waals surface area contributed by atoms with Gasteiger partial charge in [-0.15, -0.1) is 0 Å². The van der Waals surface area contributed by atoms with Crippen LogP contribution in [-0.4, -0.2) is 28.4 Å². The lowest BCUT2D eigenvalue weighted by Gasteiger charge is -2.31. The van der Waals surface area contributed by atoms with Crippen molar-refractivity contribution in [3.8, 4) is 0 Å². The Morgan fingerprint density at radius 1 is 1.50 bits per heavy atom. The van der Waals surface area contributed by atoms with Crippen LogP contribution in [0.5, 0.6) is 0 Å². The number of hydrogen-bond acceptors (Lipinski definition) is 4. The van der Waals surface area contributed by atoms with Gasteiger partial charge in [0.25, 0.3) is 5.91 Å². The van der Waals surface area contributed by atoms with Crippen molar-refractivity contribution in [1.29, 1.82) is 0 Å². The second kappa shape index (κ2) is 6.70. The number of amides is 1. The van der Waals surface area contributed by atoms with Crippen molar-refractivity contribution in [2.75, 3.05) is 12.0 Å². The molecule has 3 N–H and O–H groups in total. The molecule has 0 bridgehead atoms. The summed E-state index contributed by atoms with van der Waals surface area (Å²) in [7, 11) is 0. The molecule has 20 heavy (non-hydrogen) atoms. The molecular formula is C15H24N4O. The Morgan fingerprint density at radius 2 is 2.20 bits per heavy atom. The van der Waals surface area contributed by atoms with E-state index in [0.29, 0.717) is 23.2 Å². The first-order chi connectivity index (χ1) is 9.63. The molecule has 1 aromatic heterocycles. The predicted octanol–water partition coefficient (Wildman–Crippen LogP) is 2.41. The molecule has 1 amide bonds. The summed E-state index contributed by atoms with van der Waals surface area (Å²) >= 11 is 0. The molecule has 0 unspecified atom stereocenters. The fourth-order valence-corrected chi connectivity index (χ4v) is 2.86. The normalized spacial score (nSPS) is 15.6. The second-order valence-electron chi connectivity index (χ2n) is 5.86. The van der Waals surface area contributed by atoms with E-state index in [1.807, 2.05) is 4.90 Å². The minimum Gasteiger partial charge on any atom is -0.335 e. The van der Waals surface area contributed by atoms with E-state index < -0.39 is 0 Å². The highest BCUT2D eigenvalue weighted by Gasteiger charge is 2.28. The van der Waals surface area contributed by atoms with Crippen LogP contribution in [0.2, 0.25) is 0 Å². The molecule has 1 aliphatic carbocycles. The summed E-state index contributed by atoms with van der Waals surface area (Å²) in [6, 6.07) is 2.10. The van der Waals surface area contributed by atoms with E-state index in [1.54, 1.807) is 18.5 Å². The number of nitrogens with zero attached hydrogens (tertiary/aromatic N) is 2. The predicted molar refractivity (Wildman–Crippen MR) is 80.2 cm³/mol. The molecular weight excluding hydrogens is 252 g/mol. The molecule has 0 saturated heterocycles. The summed E-state index contributed by atoms with van der Waals surface area (Å²) in [6.45, 7) is 5.07. The molecule has 0 radical (unpaired) electrons. The Balaban J connectivity index is 2.25. The van der Waals surface area contributed by atoms with Crippen molar-refractivity contribution in [2.24, 2.45) is 11.8 Å². The van der Waals surface area contributed by atoms with Crippen LogP contribution in [0.1, 0.15) is 49.9 Å². The minimum absolute atomic E-state index is 0.0564. The Kier molecular flexibility index (Phi) is 4.95. The summed E-state index contributed by atoms with van der Waals surface area (Å²) in [6.07, 6.45) is 7.87. The zero-order valence-electron chi connectivity index (χ0n) is 12.3. The van der Waals surface area contributed by atoms with Crippen molar-refractivity contribution < 1.29 is 4.79 Å². The topological polar surface area (TPSA) is 71.2 Å². The number of nitrogens with one attached hydrogen (secondary N) is 1. The maximum Gasteiger partial charge on any atom is 0.256 e. The Morgan fingerprint density at radius 3 is 2.80 bits per heavy atom. The number of pyridine rings is 1. The maximum absolute atomic E-state index is 12.8. The van der Waals surface area contributed by atoms with Crippen LogP contribution >= 0.6 is 0 Å². The third-order valence-corrected chi connectivity index (χ3v) is 3.80. The quantitative estimate of drug-likeness (QED) is 0.640. The van der Waals surface area contributed by atoms with Gasteiger partial charge in [0, 0.05) is 18.8 Å². The number of carbonyl (C=O) groups excluding carboxylic acids is 1. The monoisotopic (exact) mass is 276 g/mol. The van der Waals surface area contributed by atoms with Gasteiger partial charge in [0.2, 0.25) is 0 Å². The van der Waals surface area contributed by atoms with E-state index >= 15 is 0 Å². The first-order valence-electron chi connectivity index (χ1n) is 7.35. The van der Waals surface area contributed by atoms with Gasteiger partial charge in [0.1, 0.15) is 0 Å². The van der Waals surface area contributed by atoms with E-state index in [9.17, 15) is 4.79 Å². The third-order valence-electron chi connectivity index (χ3n) is 3.80. The smallest absolute Gasteiger partial charge is 0.256 e. The number of hydrazine groups is 1. The Hall–Kier alpha value is -1.62. The molecule has 0 atom stereocenters. The molecule has 5 heteroatoms. The highest BCUT2D eigenvalue weighted by atomic mass is 16.2. The van der Waals surface area contributed by atoms with Crippen molar-refractivity contribution >= 4 is 11.6 Å². The van der Waals surface area contributed by atoms with Crippen molar-refractivity contribution in [3.63, 3.8) is 0 Å². The largest absolute Gasteiger partial charge is 0.335 e. The van der Waals surface area contributed by atoms with Crippen LogP contribution in [-0.2, 0) is 0 Å². The van der Waals surface area contributed by atoms with Gasteiger partial charge in [-0.25, -0.2) is 0 Å². The summed E-state index contributed by atoms with van der Waals surface area (Å²) in [5.41, 5.74) is 3.76. The average Bonchev–Trinajstić information content (AvgIpc) is 2.97. The molecule has 2 rings (SSSR count). The fraction of sp³-hybridized carbons (Fsp3) is 0.600. The molecule has 5 nitrogen and oxygen atoms in total. The highest BCUT2D eigenvalue weighted by Crippen LogP contribution is 2.27. The SMILES string of the molecule is CC(C)CN(C(=O)c1ccncc1NN)C1CCCC1. The van der Waals surface area contributed by atoms with E-state index in [2.05, 4.69) is 24.3 Å². The number of hydrogen-bond donors (Lipinski definition) is 2. The van der Waals surface area contributed by atoms with Gasteiger partial charge in [-0.3, -0.25) is 15.6 Å². The van der Waals surface area contributed by atoms with Gasteiger partial charge in [0.15, 0.2) is 0 Å². The molecule has 1 aromatic rings. The average molecular weight is 276 g/mol. The Bertz CT molecular complexity index is 455. The summed E-state index contributed by atoms with van der Waals surface area (Å²) in [5, 5.41) is 0. The summed E-state index contributed by atoms with van der Waals surface area (Å²) in [4.78, 5) is 18.9. The zero-order valence-corrected chi connectivity index (χ0v) is 12.3. The second-order valence-corrected chi connectivity index (χ2v) is 5.86. The fourth-order valence-electron chi connectivity index (χ4n) is 2.86. The van der Waals surface area contributed by atoms with Crippen LogP contribution in [0.25, 0.3) is 0 Å². The first kappa shape index (κ1) is 14.8. The number of nitrogen functional groups attached to an aromatic ring is 1. The van der Waals surface area contributed by atoms with Gasteiger partial charge < -0.3 is 10.3 Å². The van der Waals surface area contributed by atoms with Crippen LogP contribution in [0, 0.1) is 5.92 Å². The minimum atomic E-state index is 0.0564. The van der Waals surface area contributed by atoms with Gasteiger partial charge >= 0.3 is 0 Å². The number of anilines is 1. The van der Waals surface area contributed by atoms with Crippen molar-refractivity contribution in [2.45, 2.75) is 45.6 Å². The third kappa shape index (κ3) is 3.28. The molecule has 0 spiro atoms. The van der Waals surface area contributed by atoms with Gasteiger partial charge in [0.05, 0.1) is 17.4 Å². The Labute approximate surface area is 120 Å². The number of rotatable bonds is 5. The maximum atomic E-state index is 12.8. The molecule has 0 aliphatic heterocycles. The lowest BCUT2D eigenvalue weighted by Crippen LogP contribution is -2.41. The molecule has 110 valence electrons. The summed E-state index contributed by atoms with van der Waals surface area (Å²) < 4.78 is 0. The van der Waals surface area contributed by atoms with E-state index in [4.69, 9.17) is 5.84 Å². The number of aromatic nitrogens is 1. The lowest BCUT2D eigenvalue weighted by atomic mass is 10.1. The highest BCUT2D eigenvalue weighted by molar-refractivity contribution is 5.99. The van der Waals surface area contributed by atoms with E-state index in [1.165, 1.54) is 12.8 Å². The summed E-state index contributed by atoms with van der Waals surface area (Å²) in [5.74, 6) is 5.99. The molecule has 0 aromatic carbocycles. The van der Waals surface area contributed by atoms with Gasteiger partial charge in [-0.1, -0.05) is 26.7 Å². The molecule has 1 aliphatic rings. The lowest BCUT2D eigenvalue weighted by molar-refractivity contribution is 0.0656. The number of nitrogens with two attached hydrogens (primary N) is 1. The zero-order chi connectivity index (χ0) is 14.5. The van der Waals surface area contributed by atoms with Gasteiger partial charge in [-0.05, 0) is 24.8 Å². The first-order valence-corrected chi connectivity index (χ1v) is 7.35. The van der Waals surface area contributed by atoms with Crippen LogP contribution < -0.4 is 11.3 Å². The molecule has 1 fully saturated rings. The van der Waals surface area contributed by atoms with Crippen LogP contribution in [0.4, 0.5) is 5.69 Å².